The Kier molecular flexibility index (Phi) is 4.64. The van der Waals surface area contributed by atoms with Gasteiger partial charge >= 0.3 is 0 Å². The maximum Gasteiger partial charge on any atom is 0.167 e. The molecule has 28 heavy (non-hydrogen) atoms. The number of hydrogen-bond acceptors (Lipinski definition) is 4. The molecule has 1 aliphatic rings. The van der Waals surface area contributed by atoms with Crippen LogP contribution in [0.15, 0.2) is 47.1 Å². The zero-order chi connectivity index (χ0) is 19.9. The number of benzene rings is 1. The van der Waals surface area contributed by atoms with Crippen molar-refractivity contribution in [3.8, 4) is 11.8 Å². The first-order valence-electron chi connectivity index (χ1n) is 9.12. The van der Waals surface area contributed by atoms with Gasteiger partial charge in [-0.3, -0.25) is 9.78 Å². The Bertz CT molecular complexity index is 1110. The molecule has 1 aromatic carbocycles. The highest BCUT2D eigenvalue weighted by Gasteiger charge is 2.36. The van der Waals surface area contributed by atoms with Crippen LogP contribution in [-0.4, -0.2) is 20.5 Å². The molecule has 0 saturated heterocycles. The molecule has 0 atom stereocenters. The van der Waals surface area contributed by atoms with Crippen LogP contribution >= 0.6 is 15.9 Å². The van der Waals surface area contributed by atoms with Crippen LogP contribution in [0.4, 0.5) is 0 Å². The molecule has 1 aliphatic carbocycles. The monoisotopic (exact) mass is 434 g/mol. The summed E-state index contributed by atoms with van der Waals surface area (Å²) in [7, 11) is 0. The Balaban J connectivity index is 1.87. The summed E-state index contributed by atoms with van der Waals surface area (Å²) < 4.78 is 2.57. The number of pyridine rings is 1. The van der Waals surface area contributed by atoms with Gasteiger partial charge in [-0.2, -0.15) is 10.4 Å². The van der Waals surface area contributed by atoms with Crippen molar-refractivity contribution in [3.63, 3.8) is 0 Å². The quantitative estimate of drug-likeness (QED) is 0.601. The highest BCUT2D eigenvalue weighted by Crippen LogP contribution is 2.38. The van der Waals surface area contributed by atoms with Crippen molar-refractivity contribution < 1.29 is 4.79 Å². The third kappa shape index (κ3) is 3.38. The van der Waals surface area contributed by atoms with Crippen LogP contribution in [0.2, 0.25) is 0 Å². The molecule has 4 rings (SSSR count). The third-order valence-electron chi connectivity index (χ3n) is 5.01. The van der Waals surface area contributed by atoms with Crippen LogP contribution in [0.25, 0.3) is 5.69 Å². The van der Waals surface area contributed by atoms with Gasteiger partial charge in [-0.25, -0.2) is 4.68 Å². The number of hydrogen-bond donors (Lipinski definition) is 0. The van der Waals surface area contributed by atoms with Gasteiger partial charge in [0.05, 0.1) is 28.2 Å². The van der Waals surface area contributed by atoms with E-state index in [9.17, 15) is 10.1 Å². The van der Waals surface area contributed by atoms with E-state index in [1.807, 2.05) is 35.0 Å². The summed E-state index contributed by atoms with van der Waals surface area (Å²) in [6, 6.07) is 13.4. The lowest BCUT2D eigenvalue weighted by Gasteiger charge is -2.29. The SMILES string of the molecule is CC1(C)CC(=O)c2c(Cc3ccccn3)nn(-c3ccc(C#N)c(Br)c3)c2C1. The van der Waals surface area contributed by atoms with Crippen molar-refractivity contribution in [2.45, 2.75) is 33.1 Å². The molecular weight excluding hydrogens is 416 g/mol. The summed E-state index contributed by atoms with van der Waals surface area (Å²) >= 11 is 3.45. The second-order valence-corrected chi connectivity index (χ2v) is 8.75. The molecule has 140 valence electrons. The molecular formula is C22H19BrN4O. The van der Waals surface area contributed by atoms with Crippen LogP contribution in [0.1, 0.15) is 53.3 Å². The average Bonchev–Trinajstić information content (AvgIpc) is 2.99. The van der Waals surface area contributed by atoms with Gasteiger partial charge in [-0.1, -0.05) is 19.9 Å². The zero-order valence-electron chi connectivity index (χ0n) is 15.7. The lowest BCUT2D eigenvalue weighted by Crippen LogP contribution is -2.28. The van der Waals surface area contributed by atoms with Gasteiger partial charge in [0, 0.05) is 29.2 Å². The molecule has 0 fully saturated rings. The van der Waals surface area contributed by atoms with Crippen molar-refractivity contribution >= 4 is 21.7 Å². The molecule has 0 bridgehead atoms. The smallest absolute Gasteiger partial charge is 0.167 e. The summed E-state index contributed by atoms with van der Waals surface area (Å²) in [6.45, 7) is 4.22. The lowest BCUT2D eigenvalue weighted by atomic mass is 9.75. The standard InChI is InChI=1S/C22H19BrN4O/c1-22(2)11-19-21(20(28)12-22)18(9-15-5-3-4-8-25-15)26-27(19)16-7-6-14(13-24)17(23)10-16/h3-8,10H,9,11-12H2,1-2H3. The van der Waals surface area contributed by atoms with E-state index in [1.54, 1.807) is 12.3 Å². The fourth-order valence-corrected chi connectivity index (χ4v) is 4.22. The first-order chi connectivity index (χ1) is 13.4. The first-order valence-corrected chi connectivity index (χ1v) is 9.91. The van der Waals surface area contributed by atoms with Gasteiger partial charge < -0.3 is 0 Å². The number of nitriles is 1. The van der Waals surface area contributed by atoms with Gasteiger partial charge in [0.15, 0.2) is 5.78 Å². The average molecular weight is 435 g/mol. The zero-order valence-corrected chi connectivity index (χ0v) is 17.3. The van der Waals surface area contributed by atoms with Crippen LogP contribution in [-0.2, 0) is 12.8 Å². The molecule has 0 aliphatic heterocycles. The van der Waals surface area contributed by atoms with Crippen LogP contribution in [0.3, 0.4) is 0 Å². The largest absolute Gasteiger partial charge is 0.294 e. The summed E-state index contributed by atoms with van der Waals surface area (Å²) in [5.74, 6) is 0.135. The van der Waals surface area contributed by atoms with E-state index in [-0.39, 0.29) is 11.2 Å². The van der Waals surface area contributed by atoms with Crippen molar-refractivity contribution in [1.29, 1.82) is 5.26 Å². The number of Topliss-reactive ketones (excluding diaryl/α,β-unsaturated/α-hetero) is 1. The maximum absolute atomic E-state index is 13.0. The Labute approximate surface area is 172 Å². The molecule has 0 unspecified atom stereocenters. The van der Waals surface area contributed by atoms with Gasteiger partial charge in [-0.05, 0) is 58.1 Å². The lowest BCUT2D eigenvalue weighted by molar-refractivity contribution is 0.0910. The first kappa shape index (κ1) is 18.6. The van der Waals surface area contributed by atoms with Gasteiger partial charge in [0.1, 0.15) is 6.07 Å². The maximum atomic E-state index is 13.0. The molecule has 5 nitrogen and oxygen atoms in total. The van der Waals surface area contributed by atoms with E-state index in [0.29, 0.717) is 22.9 Å². The number of fused-ring (bicyclic) bond motifs is 1. The number of carbonyl (C=O) groups is 1. The van der Waals surface area contributed by atoms with Crippen molar-refractivity contribution in [2.75, 3.05) is 0 Å². The Morgan fingerprint density at radius 3 is 2.75 bits per heavy atom. The normalized spacial score (nSPS) is 15.1. The van der Waals surface area contributed by atoms with E-state index in [1.165, 1.54) is 0 Å². The number of nitrogens with zero attached hydrogens (tertiary/aromatic N) is 4. The minimum absolute atomic E-state index is 0.117. The van der Waals surface area contributed by atoms with Crippen LogP contribution in [0, 0.1) is 16.7 Å². The molecule has 2 aromatic heterocycles. The Morgan fingerprint density at radius 2 is 2.07 bits per heavy atom. The predicted molar refractivity (Wildman–Crippen MR) is 109 cm³/mol. The number of aromatic nitrogens is 3. The van der Waals surface area contributed by atoms with E-state index >= 15 is 0 Å². The van der Waals surface area contributed by atoms with E-state index in [4.69, 9.17) is 5.10 Å². The topological polar surface area (TPSA) is 71.6 Å². The highest BCUT2D eigenvalue weighted by molar-refractivity contribution is 9.10. The number of ketones is 1. The van der Waals surface area contributed by atoms with Crippen molar-refractivity contribution in [3.05, 3.63) is 75.3 Å². The second-order valence-electron chi connectivity index (χ2n) is 7.89. The van der Waals surface area contributed by atoms with Crippen LogP contribution in [0.5, 0.6) is 0 Å². The third-order valence-corrected chi connectivity index (χ3v) is 5.67. The van der Waals surface area contributed by atoms with Gasteiger partial charge in [-0.15, -0.1) is 0 Å². The molecule has 0 N–H and O–H groups in total. The number of halogens is 1. The van der Waals surface area contributed by atoms with Gasteiger partial charge in [0.2, 0.25) is 0 Å². The fourth-order valence-electron chi connectivity index (χ4n) is 3.77. The van der Waals surface area contributed by atoms with Crippen molar-refractivity contribution in [2.24, 2.45) is 5.41 Å². The fraction of sp³-hybridized carbons (Fsp3) is 0.273. The Hall–Kier alpha value is -2.78. The summed E-state index contributed by atoms with van der Waals surface area (Å²) in [5, 5.41) is 14.0. The number of rotatable bonds is 3. The predicted octanol–water partition coefficient (Wildman–Crippen LogP) is 4.65. The van der Waals surface area contributed by atoms with E-state index in [0.717, 1.165) is 34.8 Å². The van der Waals surface area contributed by atoms with E-state index in [2.05, 4.69) is 40.8 Å². The molecule has 2 heterocycles. The summed E-state index contributed by atoms with van der Waals surface area (Å²) in [4.78, 5) is 17.4. The van der Waals surface area contributed by atoms with Crippen LogP contribution < -0.4 is 0 Å². The minimum atomic E-state index is -0.117. The summed E-state index contributed by atoms with van der Waals surface area (Å²) in [6.07, 6.45) is 3.54. The van der Waals surface area contributed by atoms with E-state index < -0.39 is 0 Å². The molecule has 0 amide bonds. The summed E-state index contributed by atoms with van der Waals surface area (Å²) in [5.41, 5.74) is 4.58. The Morgan fingerprint density at radius 1 is 1.25 bits per heavy atom. The molecule has 3 aromatic rings. The molecule has 0 saturated carbocycles. The second kappa shape index (κ2) is 6.99. The number of carbonyl (C=O) groups excluding carboxylic acids is 1. The highest BCUT2D eigenvalue weighted by atomic mass is 79.9. The minimum Gasteiger partial charge on any atom is -0.294 e. The van der Waals surface area contributed by atoms with Crippen molar-refractivity contribution in [1.82, 2.24) is 14.8 Å². The molecule has 0 spiro atoms. The molecule has 0 radical (unpaired) electrons. The molecule has 6 heteroatoms. The van der Waals surface area contributed by atoms with Gasteiger partial charge in [0.25, 0.3) is 0 Å².